The molecular weight excluding hydrogens is 326 g/mol. The molecule has 1 fully saturated rings. The molecule has 1 unspecified atom stereocenters. The monoisotopic (exact) mass is 349 g/mol. The minimum Gasteiger partial charge on any atom is -0.481 e. The number of aliphatic carboxylic acids is 1. The molecule has 2 aromatic heterocycles. The van der Waals surface area contributed by atoms with Gasteiger partial charge in [0.15, 0.2) is 0 Å². The molecule has 1 aliphatic heterocycles. The van der Waals surface area contributed by atoms with Gasteiger partial charge >= 0.3 is 5.97 Å². The number of rotatable bonds is 5. The Hall–Kier alpha value is -1.17. The third-order valence-corrected chi connectivity index (χ3v) is 6.95. The maximum Gasteiger partial charge on any atom is 0.306 e. The molecule has 0 aliphatic carbocycles. The molecule has 0 amide bonds. The van der Waals surface area contributed by atoms with Gasteiger partial charge in [0.2, 0.25) is 0 Å². The Kier molecular flexibility index (Phi) is 5.19. The van der Waals surface area contributed by atoms with E-state index in [4.69, 9.17) is 0 Å². The Bertz CT molecular complexity index is 668. The van der Waals surface area contributed by atoms with Crippen molar-refractivity contribution in [2.45, 2.75) is 39.2 Å². The summed E-state index contributed by atoms with van der Waals surface area (Å²) >= 11 is 3.71. The van der Waals surface area contributed by atoms with Gasteiger partial charge in [0.05, 0.1) is 12.0 Å². The summed E-state index contributed by atoms with van der Waals surface area (Å²) < 4.78 is 0. The molecular formula is C18H23NO2S2. The SMILES string of the molecule is CCc1ccc(C(c2cc(C)cs2)N2CCC(C(=O)O)CC2)s1. The second kappa shape index (κ2) is 7.16. The summed E-state index contributed by atoms with van der Waals surface area (Å²) in [5, 5.41) is 11.4. The van der Waals surface area contributed by atoms with Crippen LogP contribution in [0.3, 0.4) is 0 Å². The largest absolute Gasteiger partial charge is 0.481 e. The van der Waals surface area contributed by atoms with Crippen molar-refractivity contribution in [3.8, 4) is 0 Å². The molecule has 0 aromatic carbocycles. The normalized spacial score (nSPS) is 18.2. The first kappa shape index (κ1) is 16.7. The van der Waals surface area contributed by atoms with Crippen LogP contribution in [-0.4, -0.2) is 29.1 Å². The van der Waals surface area contributed by atoms with Crippen LogP contribution in [0.5, 0.6) is 0 Å². The van der Waals surface area contributed by atoms with E-state index in [1.165, 1.54) is 20.2 Å². The third kappa shape index (κ3) is 3.67. The van der Waals surface area contributed by atoms with Crippen molar-refractivity contribution in [2.24, 2.45) is 5.92 Å². The first-order valence-corrected chi connectivity index (χ1v) is 9.88. The van der Waals surface area contributed by atoms with Gasteiger partial charge < -0.3 is 5.11 Å². The fourth-order valence-electron chi connectivity index (χ4n) is 3.23. The minimum absolute atomic E-state index is 0.175. The number of hydrogen-bond donors (Lipinski definition) is 1. The van der Waals surface area contributed by atoms with Crippen molar-refractivity contribution in [1.82, 2.24) is 4.90 Å². The third-order valence-electron chi connectivity index (χ3n) is 4.56. The van der Waals surface area contributed by atoms with E-state index < -0.39 is 5.97 Å². The first-order valence-electron chi connectivity index (χ1n) is 8.19. The highest BCUT2D eigenvalue weighted by atomic mass is 32.1. The number of carboxylic acids is 1. The van der Waals surface area contributed by atoms with Crippen LogP contribution in [0, 0.1) is 12.8 Å². The maximum absolute atomic E-state index is 11.2. The van der Waals surface area contributed by atoms with Crippen molar-refractivity contribution in [1.29, 1.82) is 0 Å². The van der Waals surface area contributed by atoms with Crippen LogP contribution in [0.4, 0.5) is 0 Å². The Labute approximate surface area is 145 Å². The number of carbonyl (C=O) groups is 1. The molecule has 124 valence electrons. The van der Waals surface area contributed by atoms with Gasteiger partial charge in [0.25, 0.3) is 0 Å². The zero-order valence-corrected chi connectivity index (χ0v) is 15.3. The lowest BCUT2D eigenvalue weighted by Crippen LogP contribution is -2.38. The maximum atomic E-state index is 11.2. The van der Waals surface area contributed by atoms with Gasteiger partial charge in [-0.15, -0.1) is 22.7 Å². The van der Waals surface area contributed by atoms with Gasteiger partial charge in [0, 0.05) is 14.6 Å². The number of carboxylic acid groups (broad SMARTS) is 1. The summed E-state index contributed by atoms with van der Waals surface area (Å²) in [6, 6.07) is 7.06. The lowest BCUT2D eigenvalue weighted by molar-refractivity contribution is -0.143. The summed E-state index contributed by atoms with van der Waals surface area (Å²) in [6.07, 6.45) is 2.58. The number of thiophene rings is 2. The molecule has 3 nitrogen and oxygen atoms in total. The van der Waals surface area contributed by atoms with Crippen molar-refractivity contribution < 1.29 is 9.90 Å². The van der Waals surface area contributed by atoms with Gasteiger partial charge in [-0.2, -0.15) is 0 Å². The number of aryl methyl sites for hydroxylation is 2. The molecule has 3 rings (SSSR count). The fraction of sp³-hybridized carbons (Fsp3) is 0.500. The van der Waals surface area contributed by atoms with Gasteiger partial charge in [-0.05, 0) is 68.4 Å². The van der Waals surface area contributed by atoms with Crippen LogP contribution in [-0.2, 0) is 11.2 Å². The highest BCUT2D eigenvalue weighted by molar-refractivity contribution is 7.13. The van der Waals surface area contributed by atoms with Crippen molar-refractivity contribution in [3.05, 3.63) is 43.8 Å². The molecule has 5 heteroatoms. The first-order chi connectivity index (χ1) is 11.1. The summed E-state index contributed by atoms with van der Waals surface area (Å²) in [7, 11) is 0. The standard InChI is InChI=1S/C18H23NO2S2/c1-3-14-4-5-15(23-14)17(16-10-12(2)11-22-16)19-8-6-13(7-9-19)18(20)21/h4-5,10-11,13,17H,3,6-9H2,1-2H3,(H,20,21). The Morgan fingerprint density at radius 1 is 1.35 bits per heavy atom. The van der Waals surface area contributed by atoms with Crippen molar-refractivity contribution in [2.75, 3.05) is 13.1 Å². The van der Waals surface area contributed by atoms with E-state index in [1.54, 1.807) is 0 Å². The summed E-state index contributed by atoms with van der Waals surface area (Å²) in [5.74, 6) is -0.816. The summed E-state index contributed by atoms with van der Waals surface area (Å²) in [6.45, 7) is 6.05. The van der Waals surface area contributed by atoms with E-state index in [2.05, 4.69) is 42.3 Å². The average molecular weight is 350 g/mol. The van der Waals surface area contributed by atoms with Crippen LogP contribution in [0.1, 0.15) is 46.0 Å². The van der Waals surface area contributed by atoms with Gasteiger partial charge in [-0.25, -0.2) is 0 Å². The van der Waals surface area contributed by atoms with E-state index >= 15 is 0 Å². The quantitative estimate of drug-likeness (QED) is 0.860. The van der Waals surface area contributed by atoms with Gasteiger partial charge in [0.1, 0.15) is 0 Å². The Morgan fingerprint density at radius 3 is 2.61 bits per heavy atom. The fourth-order valence-corrected chi connectivity index (χ4v) is 5.46. The lowest BCUT2D eigenvalue weighted by atomic mass is 9.95. The highest BCUT2D eigenvalue weighted by Gasteiger charge is 2.31. The molecule has 23 heavy (non-hydrogen) atoms. The summed E-state index contributed by atoms with van der Waals surface area (Å²) in [5.41, 5.74) is 1.31. The van der Waals surface area contributed by atoms with E-state index in [9.17, 15) is 9.90 Å². The highest BCUT2D eigenvalue weighted by Crippen LogP contribution is 2.38. The molecule has 1 aliphatic rings. The number of hydrogen-bond acceptors (Lipinski definition) is 4. The number of piperidine rings is 1. The summed E-state index contributed by atoms with van der Waals surface area (Å²) in [4.78, 5) is 17.8. The second-order valence-electron chi connectivity index (χ2n) is 6.24. The predicted octanol–water partition coefficient (Wildman–Crippen LogP) is 4.57. The predicted molar refractivity (Wildman–Crippen MR) is 96.5 cm³/mol. The van der Waals surface area contributed by atoms with Crippen molar-refractivity contribution in [3.63, 3.8) is 0 Å². The Morgan fingerprint density at radius 2 is 2.09 bits per heavy atom. The molecule has 0 radical (unpaired) electrons. The lowest BCUT2D eigenvalue weighted by Gasteiger charge is -2.35. The van der Waals surface area contributed by atoms with E-state index in [0.717, 1.165) is 32.4 Å². The smallest absolute Gasteiger partial charge is 0.306 e. The molecule has 2 aromatic rings. The molecule has 3 heterocycles. The molecule has 1 atom stereocenters. The molecule has 0 spiro atoms. The molecule has 0 bridgehead atoms. The van der Waals surface area contributed by atoms with Crippen LogP contribution < -0.4 is 0 Å². The van der Waals surface area contributed by atoms with Crippen LogP contribution in [0.15, 0.2) is 23.6 Å². The van der Waals surface area contributed by atoms with Crippen LogP contribution in [0.2, 0.25) is 0 Å². The van der Waals surface area contributed by atoms with E-state index in [0.29, 0.717) is 0 Å². The molecule has 0 saturated carbocycles. The second-order valence-corrected chi connectivity index (χ2v) is 8.38. The number of likely N-dealkylation sites (tertiary alicyclic amines) is 1. The average Bonchev–Trinajstić information content (AvgIpc) is 3.18. The topological polar surface area (TPSA) is 40.5 Å². The molecule has 1 N–H and O–H groups in total. The van der Waals surface area contributed by atoms with Gasteiger partial charge in [-0.3, -0.25) is 9.69 Å². The van der Waals surface area contributed by atoms with Crippen LogP contribution in [0.25, 0.3) is 0 Å². The van der Waals surface area contributed by atoms with E-state index in [1.807, 2.05) is 22.7 Å². The Balaban J connectivity index is 1.85. The van der Waals surface area contributed by atoms with Crippen molar-refractivity contribution >= 4 is 28.6 Å². The zero-order chi connectivity index (χ0) is 16.4. The minimum atomic E-state index is -0.641. The van der Waals surface area contributed by atoms with Gasteiger partial charge in [-0.1, -0.05) is 6.92 Å². The zero-order valence-electron chi connectivity index (χ0n) is 13.6. The molecule has 1 saturated heterocycles. The van der Waals surface area contributed by atoms with E-state index in [-0.39, 0.29) is 12.0 Å². The number of nitrogens with zero attached hydrogens (tertiary/aromatic N) is 1. The van der Waals surface area contributed by atoms with Crippen LogP contribution >= 0.6 is 22.7 Å².